The van der Waals surface area contributed by atoms with Crippen molar-refractivity contribution in [3.8, 4) is 11.5 Å². The quantitative estimate of drug-likeness (QED) is 0.629. The van der Waals surface area contributed by atoms with E-state index < -0.39 is 0 Å². The zero-order valence-electron chi connectivity index (χ0n) is 15.2. The van der Waals surface area contributed by atoms with E-state index in [1.54, 1.807) is 25.2 Å². The molecule has 0 aliphatic carbocycles. The number of hydrogen-bond acceptors (Lipinski definition) is 6. The SMILES string of the molecule is COC(=O)CCN(CCc1ccc(OC)c(OC)c1)C(=O)c1cccs1. The van der Waals surface area contributed by atoms with Crippen LogP contribution in [0.1, 0.15) is 21.7 Å². The fraction of sp³-hybridized carbons (Fsp3) is 0.368. The summed E-state index contributed by atoms with van der Waals surface area (Å²) in [4.78, 5) is 26.5. The summed E-state index contributed by atoms with van der Waals surface area (Å²) in [5, 5.41) is 1.86. The van der Waals surface area contributed by atoms with Crippen LogP contribution in [0.5, 0.6) is 11.5 Å². The molecule has 0 spiro atoms. The van der Waals surface area contributed by atoms with Gasteiger partial charge < -0.3 is 19.1 Å². The van der Waals surface area contributed by atoms with Crippen LogP contribution in [-0.2, 0) is 16.0 Å². The summed E-state index contributed by atoms with van der Waals surface area (Å²) in [6.45, 7) is 0.805. The van der Waals surface area contributed by atoms with E-state index in [0.29, 0.717) is 35.9 Å². The number of thiophene rings is 1. The normalized spacial score (nSPS) is 10.3. The summed E-state index contributed by atoms with van der Waals surface area (Å²) in [6.07, 6.45) is 0.804. The third-order valence-corrected chi connectivity index (χ3v) is 4.81. The summed E-state index contributed by atoms with van der Waals surface area (Å²) in [7, 11) is 4.52. The van der Waals surface area contributed by atoms with E-state index >= 15 is 0 Å². The minimum atomic E-state index is -0.333. The van der Waals surface area contributed by atoms with Gasteiger partial charge in [-0.3, -0.25) is 9.59 Å². The number of esters is 1. The Bertz CT molecular complexity index is 730. The molecular weight excluding hydrogens is 354 g/mol. The Hall–Kier alpha value is -2.54. The molecule has 0 saturated heterocycles. The molecule has 2 rings (SSSR count). The highest BCUT2D eigenvalue weighted by Crippen LogP contribution is 2.27. The van der Waals surface area contributed by atoms with Gasteiger partial charge in [0.1, 0.15) is 0 Å². The van der Waals surface area contributed by atoms with Crippen LogP contribution in [0.15, 0.2) is 35.7 Å². The average molecular weight is 377 g/mol. The van der Waals surface area contributed by atoms with Gasteiger partial charge in [-0.05, 0) is 35.6 Å². The average Bonchev–Trinajstić information content (AvgIpc) is 3.21. The van der Waals surface area contributed by atoms with Crippen molar-refractivity contribution >= 4 is 23.2 Å². The highest BCUT2D eigenvalue weighted by Gasteiger charge is 2.18. The number of amides is 1. The first-order chi connectivity index (χ1) is 12.6. The minimum absolute atomic E-state index is 0.0793. The third kappa shape index (κ3) is 5.23. The van der Waals surface area contributed by atoms with Crippen molar-refractivity contribution in [1.29, 1.82) is 0 Å². The Kier molecular flexibility index (Phi) is 7.47. The number of methoxy groups -OCH3 is 3. The van der Waals surface area contributed by atoms with Gasteiger partial charge in [0.05, 0.1) is 32.6 Å². The van der Waals surface area contributed by atoms with Crippen LogP contribution < -0.4 is 9.47 Å². The number of carbonyl (C=O) groups excluding carboxylic acids is 2. The zero-order valence-corrected chi connectivity index (χ0v) is 16.0. The second-order valence-corrected chi connectivity index (χ2v) is 6.48. The molecule has 1 aromatic carbocycles. The molecule has 140 valence electrons. The lowest BCUT2D eigenvalue weighted by atomic mass is 10.1. The van der Waals surface area contributed by atoms with Gasteiger partial charge in [0.25, 0.3) is 5.91 Å². The van der Waals surface area contributed by atoms with E-state index in [2.05, 4.69) is 4.74 Å². The van der Waals surface area contributed by atoms with Crippen LogP contribution in [0.25, 0.3) is 0 Å². The van der Waals surface area contributed by atoms with Crippen LogP contribution in [0.2, 0.25) is 0 Å². The van der Waals surface area contributed by atoms with Gasteiger partial charge in [-0.25, -0.2) is 0 Å². The Morgan fingerprint density at radius 1 is 1.04 bits per heavy atom. The fourth-order valence-corrected chi connectivity index (χ4v) is 3.19. The summed E-state index contributed by atoms with van der Waals surface area (Å²) >= 11 is 1.39. The number of ether oxygens (including phenoxy) is 3. The van der Waals surface area contributed by atoms with E-state index in [1.807, 2.05) is 29.6 Å². The van der Waals surface area contributed by atoms with Crippen molar-refractivity contribution in [1.82, 2.24) is 4.90 Å². The number of nitrogens with zero attached hydrogens (tertiary/aromatic N) is 1. The Balaban J connectivity index is 2.08. The van der Waals surface area contributed by atoms with Gasteiger partial charge in [-0.2, -0.15) is 0 Å². The molecule has 0 radical (unpaired) electrons. The third-order valence-electron chi connectivity index (χ3n) is 3.95. The molecule has 7 heteroatoms. The zero-order chi connectivity index (χ0) is 18.9. The van der Waals surface area contributed by atoms with Crippen LogP contribution in [0.4, 0.5) is 0 Å². The molecule has 1 amide bonds. The molecule has 0 aliphatic heterocycles. The van der Waals surface area contributed by atoms with Crippen molar-refractivity contribution in [3.63, 3.8) is 0 Å². The molecule has 0 fully saturated rings. The molecule has 26 heavy (non-hydrogen) atoms. The first kappa shape index (κ1) is 19.8. The maximum atomic E-state index is 12.7. The molecule has 2 aromatic rings. The van der Waals surface area contributed by atoms with Crippen LogP contribution in [0.3, 0.4) is 0 Å². The van der Waals surface area contributed by atoms with Crippen molar-refractivity contribution in [2.45, 2.75) is 12.8 Å². The lowest BCUT2D eigenvalue weighted by Gasteiger charge is -2.22. The molecule has 0 saturated carbocycles. The van der Waals surface area contributed by atoms with E-state index in [9.17, 15) is 9.59 Å². The van der Waals surface area contributed by atoms with Crippen LogP contribution in [-0.4, -0.2) is 51.2 Å². The molecule has 1 heterocycles. The number of hydrogen-bond donors (Lipinski definition) is 0. The monoisotopic (exact) mass is 377 g/mol. The summed E-state index contributed by atoms with van der Waals surface area (Å²) in [6, 6.07) is 9.30. The second kappa shape index (κ2) is 9.82. The van der Waals surface area contributed by atoms with Crippen molar-refractivity contribution < 1.29 is 23.8 Å². The van der Waals surface area contributed by atoms with Crippen LogP contribution >= 0.6 is 11.3 Å². The standard InChI is InChI=1S/C19H23NO5S/c1-23-15-7-6-14(13-16(15)24-2)8-10-20(11-9-18(21)25-3)19(22)17-5-4-12-26-17/h4-7,12-13H,8-11H2,1-3H3. The predicted molar refractivity (Wildman–Crippen MR) is 100 cm³/mol. The molecule has 0 aliphatic rings. The highest BCUT2D eigenvalue weighted by atomic mass is 32.1. The number of carbonyl (C=O) groups is 2. The summed E-state index contributed by atoms with van der Waals surface area (Å²) < 4.78 is 15.2. The van der Waals surface area contributed by atoms with Crippen molar-refractivity contribution in [2.75, 3.05) is 34.4 Å². The van der Waals surface area contributed by atoms with Gasteiger partial charge in [0, 0.05) is 13.1 Å². The first-order valence-electron chi connectivity index (χ1n) is 8.19. The summed E-state index contributed by atoms with van der Waals surface area (Å²) in [5.41, 5.74) is 1.02. The maximum Gasteiger partial charge on any atom is 0.307 e. The van der Waals surface area contributed by atoms with Crippen molar-refractivity contribution in [2.24, 2.45) is 0 Å². The fourth-order valence-electron chi connectivity index (χ4n) is 2.50. The Labute approximate surface area is 157 Å². The van der Waals surface area contributed by atoms with Gasteiger partial charge in [0.15, 0.2) is 11.5 Å². The molecule has 6 nitrogen and oxygen atoms in total. The lowest BCUT2D eigenvalue weighted by molar-refractivity contribution is -0.140. The Morgan fingerprint density at radius 3 is 2.42 bits per heavy atom. The molecular formula is C19H23NO5S. The minimum Gasteiger partial charge on any atom is -0.493 e. The second-order valence-electron chi connectivity index (χ2n) is 5.53. The van der Waals surface area contributed by atoms with Gasteiger partial charge in [0.2, 0.25) is 0 Å². The molecule has 0 atom stereocenters. The lowest BCUT2D eigenvalue weighted by Crippen LogP contribution is -2.34. The molecule has 0 N–H and O–H groups in total. The number of benzene rings is 1. The van der Waals surface area contributed by atoms with Gasteiger partial charge >= 0.3 is 5.97 Å². The van der Waals surface area contributed by atoms with E-state index in [1.165, 1.54) is 18.4 Å². The van der Waals surface area contributed by atoms with Gasteiger partial charge in [-0.1, -0.05) is 12.1 Å². The molecule has 0 bridgehead atoms. The van der Waals surface area contributed by atoms with Crippen LogP contribution in [0, 0.1) is 0 Å². The molecule has 0 unspecified atom stereocenters. The first-order valence-corrected chi connectivity index (χ1v) is 9.07. The largest absolute Gasteiger partial charge is 0.493 e. The number of rotatable bonds is 9. The van der Waals surface area contributed by atoms with E-state index in [4.69, 9.17) is 9.47 Å². The predicted octanol–water partition coefficient (Wildman–Crippen LogP) is 3.01. The van der Waals surface area contributed by atoms with E-state index in [-0.39, 0.29) is 18.3 Å². The topological polar surface area (TPSA) is 65.1 Å². The van der Waals surface area contributed by atoms with Crippen molar-refractivity contribution in [3.05, 3.63) is 46.2 Å². The summed E-state index contributed by atoms with van der Waals surface area (Å²) in [5.74, 6) is 0.897. The maximum absolute atomic E-state index is 12.7. The van der Waals surface area contributed by atoms with E-state index in [0.717, 1.165) is 5.56 Å². The highest BCUT2D eigenvalue weighted by molar-refractivity contribution is 7.12. The van der Waals surface area contributed by atoms with Gasteiger partial charge in [-0.15, -0.1) is 11.3 Å². The smallest absolute Gasteiger partial charge is 0.307 e. The molecule has 1 aromatic heterocycles. The Morgan fingerprint density at radius 2 is 1.81 bits per heavy atom.